The number of allylic oxidation sites excluding steroid dienone is 2. The van der Waals surface area contributed by atoms with Crippen molar-refractivity contribution in [2.24, 2.45) is 23.2 Å². The van der Waals surface area contributed by atoms with Gasteiger partial charge in [0.1, 0.15) is 0 Å². The molecule has 0 aromatic heterocycles. The quantitative estimate of drug-likeness (QED) is 0.357. The summed E-state index contributed by atoms with van der Waals surface area (Å²) in [5.74, 6) is 2.62. The van der Waals surface area contributed by atoms with E-state index in [0.717, 1.165) is 23.8 Å². The van der Waals surface area contributed by atoms with Gasteiger partial charge in [-0.1, -0.05) is 107 Å². The van der Waals surface area contributed by atoms with Gasteiger partial charge in [0.2, 0.25) is 0 Å². The van der Waals surface area contributed by atoms with Gasteiger partial charge >= 0.3 is 0 Å². The van der Waals surface area contributed by atoms with E-state index in [9.17, 15) is 0 Å². The van der Waals surface area contributed by atoms with E-state index in [2.05, 4.69) is 103 Å². The summed E-state index contributed by atoms with van der Waals surface area (Å²) in [4.78, 5) is 0. The summed E-state index contributed by atoms with van der Waals surface area (Å²) in [6.45, 7) is 22.4. The van der Waals surface area contributed by atoms with Crippen LogP contribution >= 0.6 is 0 Å². The van der Waals surface area contributed by atoms with Crippen molar-refractivity contribution in [3.05, 3.63) is 89.5 Å². The second-order valence-electron chi connectivity index (χ2n) is 12.0. The van der Waals surface area contributed by atoms with E-state index in [1.54, 1.807) is 0 Å². The first kappa shape index (κ1) is 25.5. The van der Waals surface area contributed by atoms with E-state index in [0.29, 0.717) is 17.3 Å². The van der Waals surface area contributed by atoms with Crippen molar-refractivity contribution in [2.75, 3.05) is 0 Å². The Morgan fingerprint density at radius 3 is 1.91 bits per heavy atom. The summed E-state index contributed by atoms with van der Waals surface area (Å²) >= 11 is 0. The molecule has 33 heavy (non-hydrogen) atoms. The molecule has 178 valence electrons. The van der Waals surface area contributed by atoms with E-state index in [1.165, 1.54) is 59.9 Å². The first-order valence-electron chi connectivity index (χ1n) is 13.1. The summed E-state index contributed by atoms with van der Waals surface area (Å²) in [5.41, 5.74) is 8.47. The van der Waals surface area contributed by atoms with Crippen LogP contribution in [0.3, 0.4) is 0 Å². The molecule has 0 saturated heterocycles. The third kappa shape index (κ3) is 7.20. The van der Waals surface area contributed by atoms with Crippen molar-refractivity contribution < 1.29 is 0 Å². The second kappa shape index (κ2) is 10.9. The molecule has 0 amide bonds. The van der Waals surface area contributed by atoms with Crippen LogP contribution in [0.15, 0.2) is 67.3 Å². The Morgan fingerprint density at radius 2 is 1.39 bits per heavy atom. The highest BCUT2D eigenvalue weighted by Crippen LogP contribution is 2.40. The smallest absolute Gasteiger partial charge is 0.00198 e. The van der Waals surface area contributed by atoms with Crippen LogP contribution < -0.4 is 0 Å². The lowest BCUT2D eigenvalue weighted by Crippen LogP contribution is -2.23. The molecule has 2 atom stereocenters. The number of rotatable bonds is 8. The summed E-state index contributed by atoms with van der Waals surface area (Å²) < 4.78 is 0. The van der Waals surface area contributed by atoms with Crippen LogP contribution in [-0.4, -0.2) is 0 Å². The van der Waals surface area contributed by atoms with Gasteiger partial charge in [-0.15, -0.1) is 0 Å². The van der Waals surface area contributed by atoms with E-state index in [4.69, 9.17) is 0 Å². The van der Waals surface area contributed by atoms with Crippen LogP contribution in [0.5, 0.6) is 0 Å². The topological polar surface area (TPSA) is 0 Å². The van der Waals surface area contributed by atoms with Gasteiger partial charge in [0.25, 0.3) is 0 Å². The molecule has 0 aliphatic heterocycles. The molecule has 2 unspecified atom stereocenters. The SMILES string of the molecule is C=C(C)c1ccc(CC2CCC(C(C)C(=C)C(C)c3ccc(CC(C)(C)C)cc3)CC2)cc1. The monoisotopic (exact) mass is 442 g/mol. The largest absolute Gasteiger partial charge is 0.0990 e. The standard InChI is InChI=1S/C33H46/c1-23(2)30-15-9-27(10-16-30)21-28-11-17-31(18-12-28)25(4)24(3)26(5)32-19-13-29(14-20-32)22-33(6,7)8/h9-10,13-16,19-20,25-26,28,31H,1,3,11-12,17-18,21-22H2,2,4-8H3. The van der Waals surface area contributed by atoms with Crippen molar-refractivity contribution in [2.45, 2.75) is 86.0 Å². The Hall–Kier alpha value is -2.08. The molecule has 0 heterocycles. The van der Waals surface area contributed by atoms with Crippen molar-refractivity contribution in [3.8, 4) is 0 Å². The zero-order valence-electron chi connectivity index (χ0n) is 22.1. The maximum atomic E-state index is 4.59. The van der Waals surface area contributed by atoms with Crippen LogP contribution in [0.2, 0.25) is 0 Å². The highest BCUT2D eigenvalue weighted by molar-refractivity contribution is 5.61. The Morgan fingerprint density at radius 1 is 0.848 bits per heavy atom. The molecule has 2 aromatic carbocycles. The zero-order chi connectivity index (χ0) is 24.2. The average Bonchev–Trinajstić information content (AvgIpc) is 2.78. The molecule has 0 N–H and O–H groups in total. The van der Waals surface area contributed by atoms with Crippen molar-refractivity contribution in [1.82, 2.24) is 0 Å². The molecule has 0 heteroatoms. The van der Waals surface area contributed by atoms with Gasteiger partial charge in [-0.05, 0) is 90.9 Å². The summed E-state index contributed by atoms with van der Waals surface area (Å²) in [5, 5.41) is 0. The maximum Gasteiger partial charge on any atom is 0.00198 e. The molecule has 0 radical (unpaired) electrons. The molecule has 1 aliphatic carbocycles. The van der Waals surface area contributed by atoms with Gasteiger partial charge in [-0.2, -0.15) is 0 Å². The summed E-state index contributed by atoms with van der Waals surface area (Å²) in [6.07, 6.45) is 7.72. The summed E-state index contributed by atoms with van der Waals surface area (Å²) in [6, 6.07) is 18.4. The second-order valence-corrected chi connectivity index (χ2v) is 12.0. The molecule has 0 bridgehead atoms. The Kier molecular flexibility index (Phi) is 8.43. The highest BCUT2D eigenvalue weighted by atomic mass is 14.3. The minimum Gasteiger partial charge on any atom is -0.0990 e. The van der Waals surface area contributed by atoms with Gasteiger partial charge in [0.15, 0.2) is 0 Å². The van der Waals surface area contributed by atoms with Crippen LogP contribution in [0.25, 0.3) is 5.57 Å². The van der Waals surface area contributed by atoms with Gasteiger partial charge in [-0.25, -0.2) is 0 Å². The molecular weight excluding hydrogens is 396 g/mol. The van der Waals surface area contributed by atoms with Gasteiger partial charge in [0.05, 0.1) is 0 Å². The zero-order valence-corrected chi connectivity index (χ0v) is 22.1. The summed E-state index contributed by atoms with van der Waals surface area (Å²) in [7, 11) is 0. The number of benzene rings is 2. The molecule has 1 saturated carbocycles. The normalized spacial score (nSPS) is 20.8. The van der Waals surface area contributed by atoms with Crippen molar-refractivity contribution in [1.29, 1.82) is 0 Å². The fourth-order valence-electron chi connectivity index (χ4n) is 5.60. The molecular formula is C33H46. The van der Waals surface area contributed by atoms with Crippen molar-refractivity contribution in [3.63, 3.8) is 0 Å². The third-order valence-electron chi connectivity index (χ3n) is 7.92. The third-order valence-corrected chi connectivity index (χ3v) is 7.92. The number of hydrogen-bond donors (Lipinski definition) is 0. The molecule has 2 aromatic rings. The lowest BCUT2D eigenvalue weighted by Gasteiger charge is -2.35. The van der Waals surface area contributed by atoms with Gasteiger partial charge in [-0.3, -0.25) is 0 Å². The predicted octanol–water partition coefficient (Wildman–Crippen LogP) is 9.65. The fraction of sp³-hybridized carbons (Fsp3) is 0.515. The lowest BCUT2D eigenvalue weighted by molar-refractivity contribution is 0.228. The molecule has 1 fully saturated rings. The Labute approximate surface area is 204 Å². The minimum absolute atomic E-state index is 0.332. The van der Waals surface area contributed by atoms with Crippen LogP contribution in [-0.2, 0) is 12.8 Å². The maximum absolute atomic E-state index is 4.59. The Bertz CT molecular complexity index is 911. The van der Waals surface area contributed by atoms with Crippen LogP contribution in [0.1, 0.15) is 95.4 Å². The van der Waals surface area contributed by atoms with E-state index < -0.39 is 0 Å². The first-order chi connectivity index (χ1) is 15.5. The molecule has 0 nitrogen and oxygen atoms in total. The fourth-order valence-corrected chi connectivity index (χ4v) is 5.60. The van der Waals surface area contributed by atoms with Crippen LogP contribution in [0, 0.1) is 23.2 Å². The lowest BCUT2D eigenvalue weighted by atomic mass is 9.70. The molecule has 1 aliphatic rings. The molecule has 0 spiro atoms. The van der Waals surface area contributed by atoms with Crippen LogP contribution in [0.4, 0.5) is 0 Å². The Balaban J connectivity index is 1.51. The average molecular weight is 443 g/mol. The first-order valence-corrected chi connectivity index (χ1v) is 13.1. The van der Waals surface area contributed by atoms with E-state index in [1.807, 2.05) is 0 Å². The van der Waals surface area contributed by atoms with Gasteiger partial charge < -0.3 is 0 Å². The van der Waals surface area contributed by atoms with E-state index in [-0.39, 0.29) is 0 Å². The van der Waals surface area contributed by atoms with Crippen molar-refractivity contribution >= 4 is 5.57 Å². The highest BCUT2D eigenvalue weighted by Gasteiger charge is 2.28. The minimum atomic E-state index is 0.332. The number of hydrogen-bond acceptors (Lipinski definition) is 0. The molecule has 3 rings (SSSR count). The van der Waals surface area contributed by atoms with Gasteiger partial charge in [0, 0.05) is 5.92 Å². The van der Waals surface area contributed by atoms with E-state index >= 15 is 0 Å². The predicted molar refractivity (Wildman–Crippen MR) is 147 cm³/mol.